The molecule has 0 rings (SSSR count). The number of carboxylic acid groups (broad SMARTS) is 1. The van der Waals surface area contributed by atoms with Gasteiger partial charge in [0.15, 0.2) is 0 Å². The second-order valence-electron chi connectivity index (χ2n) is 2.23. The third-order valence-corrected chi connectivity index (χ3v) is 1.29. The van der Waals surface area contributed by atoms with Crippen LogP contribution in [0.15, 0.2) is 0 Å². The van der Waals surface area contributed by atoms with Gasteiger partial charge in [-0.15, -0.1) is 0 Å². The molecule has 0 aliphatic carbocycles. The van der Waals surface area contributed by atoms with Gasteiger partial charge in [-0.1, -0.05) is 20.3 Å². The van der Waals surface area contributed by atoms with Gasteiger partial charge in [-0.2, -0.15) is 0 Å². The Labute approximate surface area is 73.9 Å². The van der Waals surface area contributed by atoms with Crippen molar-refractivity contribution in [1.29, 1.82) is 0 Å². The van der Waals surface area contributed by atoms with E-state index in [1.165, 1.54) is 0 Å². The van der Waals surface area contributed by atoms with Crippen LogP contribution >= 0.6 is 0 Å². The highest BCUT2D eigenvalue weighted by Gasteiger charge is 2.09. The fraction of sp³-hybridized carbons (Fsp3) is 0.875. The molecule has 0 aliphatic rings. The van der Waals surface area contributed by atoms with E-state index in [1.807, 2.05) is 13.8 Å². The lowest BCUT2D eigenvalue weighted by Crippen LogP contribution is -2.29. The van der Waals surface area contributed by atoms with Gasteiger partial charge in [-0.05, 0) is 19.4 Å². The molecule has 0 spiro atoms. The van der Waals surface area contributed by atoms with Crippen molar-refractivity contribution in [1.82, 2.24) is 0 Å². The van der Waals surface area contributed by atoms with E-state index in [1.54, 1.807) is 0 Å². The zero-order valence-electron chi connectivity index (χ0n) is 7.92. The number of hydrogen-bond acceptors (Lipinski definition) is 3. The molecule has 1 atom stereocenters. The lowest BCUT2D eigenvalue weighted by atomic mass is 10.1. The molecule has 0 bridgehead atoms. The maximum atomic E-state index is 10.1. The molecule has 0 radical (unpaired) electrons. The molecule has 12 heavy (non-hydrogen) atoms. The number of nitrogens with two attached hydrogens (primary N) is 2. The number of unbranched alkanes of at least 4 members (excludes halogenated alkanes) is 1. The summed E-state index contributed by atoms with van der Waals surface area (Å²) in [7, 11) is 0. The van der Waals surface area contributed by atoms with E-state index in [0.29, 0.717) is 13.0 Å². The Morgan fingerprint density at radius 3 is 2.25 bits per heavy atom. The van der Waals surface area contributed by atoms with Crippen molar-refractivity contribution in [3.63, 3.8) is 0 Å². The summed E-state index contributed by atoms with van der Waals surface area (Å²) in [6, 6.07) is -0.716. The Bertz CT molecular complexity index is 107. The van der Waals surface area contributed by atoms with E-state index < -0.39 is 12.0 Å². The van der Waals surface area contributed by atoms with Gasteiger partial charge in [0, 0.05) is 0 Å². The first-order valence-electron chi connectivity index (χ1n) is 4.37. The molecule has 4 nitrogen and oxygen atoms in total. The predicted molar refractivity (Wildman–Crippen MR) is 49.9 cm³/mol. The third kappa shape index (κ3) is 9.39. The summed E-state index contributed by atoms with van der Waals surface area (Å²) in [6.45, 7) is 4.60. The smallest absolute Gasteiger partial charge is 0.320 e. The summed E-state index contributed by atoms with van der Waals surface area (Å²) in [5.74, 6) is -0.933. The van der Waals surface area contributed by atoms with E-state index in [0.717, 1.165) is 12.8 Å². The van der Waals surface area contributed by atoms with Gasteiger partial charge in [0.2, 0.25) is 0 Å². The SMILES string of the molecule is CC.NCCCCC(N)C(=O)O. The van der Waals surface area contributed by atoms with Crippen LogP contribution in [0.2, 0.25) is 0 Å². The van der Waals surface area contributed by atoms with Gasteiger partial charge in [0.1, 0.15) is 6.04 Å². The molecule has 4 heteroatoms. The number of carbonyl (C=O) groups is 1. The predicted octanol–water partition coefficient (Wildman–Crippen LogP) is 0.554. The molecule has 0 saturated carbocycles. The van der Waals surface area contributed by atoms with Crippen molar-refractivity contribution in [3.8, 4) is 0 Å². The van der Waals surface area contributed by atoms with Gasteiger partial charge in [-0.25, -0.2) is 0 Å². The number of aliphatic carboxylic acids is 1. The van der Waals surface area contributed by atoms with Crippen LogP contribution in [-0.2, 0) is 4.79 Å². The highest BCUT2D eigenvalue weighted by Crippen LogP contribution is 1.96. The minimum absolute atomic E-state index is 0.520. The van der Waals surface area contributed by atoms with Crippen molar-refractivity contribution in [2.24, 2.45) is 11.5 Å². The minimum Gasteiger partial charge on any atom is -0.480 e. The van der Waals surface area contributed by atoms with E-state index in [2.05, 4.69) is 0 Å². The Morgan fingerprint density at radius 2 is 1.92 bits per heavy atom. The van der Waals surface area contributed by atoms with Crippen LogP contribution in [0.4, 0.5) is 0 Å². The van der Waals surface area contributed by atoms with Crippen LogP contribution < -0.4 is 11.5 Å². The van der Waals surface area contributed by atoms with E-state index >= 15 is 0 Å². The average molecular weight is 176 g/mol. The molecule has 0 fully saturated rings. The summed E-state index contributed by atoms with van der Waals surface area (Å²) in [4.78, 5) is 10.1. The lowest BCUT2D eigenvalue weighted by molar-refractivity contribution is -0.138. The molecule has 0 aromatic heterocycles. The third-order valence-electron chi connectivity index (χ3n) is 1.29. The van der Waals surface area contributed by atoms with Crippen LogP contribution in [0.1, 0.15) is 33.1 Å². The largest absolute Gasteiger partial charge is 0.480 e. The van der Waals surface area contributed by atoms with E-state index in [4.69, 9.17) is 16.6 Å². The molecule has 0 amide bonds. The molecule has 0 saturated heterocycles. The highest BCUT2D eigenvalue weighted by atomic mass is 16.4. The normalized spacial score (nSPS) is 11.3. The summed E-state index contributed by atoms with van der Waals surface area (Å²) >= 11 is 0. The standard InChI is InChI=1S/C6H14N2O2.C2H6/c7-4-2-1-3-5(8)6(9)10;1-2/h5H,1-4,7-8H2,(H,9,10);1-2H3. The molecule has 0 aromatic carbocycles. The molecule has 74 valence electrons. The Hall–Kier alpha value is -0.610. The van der Waals surface area contributed by atoms with Crippen LogP contribution in [-0.4, -0.2) is 23.7 Å². The van der Waals surface area contributed by atoms with Crippen LogP contribution in [0.25, 0.3) is 0 Å². The molecule has 0 heterocycles. The summed E-state index contributed by atoms with van der Waals surface area (Å²) in [5.41, 5.74) is 10.4. The zero-order chi connectivity index (χ0) is 9.98. The number of rotatable bonds is 5. The molecule has 1 unspecified atom stereocenters. The number of carboxylic acids is 1. The molecular formula is C8H20N2O2. The van der Waals surface area contributed by atoms with Crippen molar-refractivity contribution < 1.29 is 9.90 Å². The molecule has 5 N–H and O–H groups in total. The van der Waals surface area contributed by atoms with Crippen molar-refractivity contribution in [2.45, 2.75) is 39.2 Å². The Kier molecular flexibility index (Phi) is 12.1. The molecule has 0 aromatic rings. The number of hydrogen-bond donors (Lipinski definition) is 3. The summed E-state index contributed by atoms with van der Waals surface area (Å²) in [6.07, 6.45) is 2.16. The quantitative estimate of drug-likeness (QED) is 0.534. The second-order valence-corrected chi connectivity index (χ2v) is 2.23. The summed E-state index contributed by atoms with van der Waals surface area (Å²) < 4.78 is 0. The van der Waals surface area contributed by atoms with Crippen LogP contribution in [0, 0.1) is 0 Å². The molecule has 0 aliphatic heterocycles. The highest BCUT2D eigenvalue weighted by molar-refractivity contribution is 5.72. The summed E-state index contributed by atoms with van der Waals surface area (Å²) in [5, 5.41) is 8.33. The monoisotopic (exact) mass is 176 g/mol. The van der Waals surface area contributed by atoms with Gasteiger partial charge in [0.25, 0.3) is 0 Å². The van der Waals surface area contributed by atoms with E-state index in [9.17, 15) is 4.79 Å². The van der Waals surface area contributed by atoms with Gasteiger partial charge >= 0.3 is 5.97 Å². The second kappa shape index (κ2) is 10.4. The maximum absolute atomic E-state index is 10.1. The van der Waals surface area contributed by atoms with Crippen molar-refractivity contribution in [3.05, 3.63) is 0 Å². The Morgan fingerprint density at radius 1 is 1.42 bits per heavy atom. The average Bonchev–Trinajstić information content (AvgIpc) is 2.08. The minimum atomic E-state index is -0.933. The van der Waals surface area contributed by atoms with Gasteiger partial charge in [-0.3, -0.25) is 4.79 Å². The fourth-order valence-electron chi connectivity index (χ4n) is 0.632. The van der Waals surface area contributed by atoms with Crippen molar-refractivity contribution in [2.75, 3.05) is 6.54 Å². The topological polar surface area (TPSA) is 89.3 Å². The lowest BCUT2D eigenvalue weighted by Gasteiger charge is -2.03. The first kappa shape index (κ1) is 13.9. The van der Waals surface area contributed by atoms with Crippen LogP contribution in [0.3, 0.4) is 0 Å². The Balaban J connectivity index is 0. The molecular weight excluding hydrogens is 156 g/mol. The van der Waals surface area contributed by atoms with Gasteiger partial charge < -0.3 is 16.6 Å². The van der Waals surface area contributed by atoms with E-state index in [-0.39, 0.29) is 0 Å². The van der Waals surface area contributed by atoms with Crippen molar-refractivity contribution >= 4 is 5.97 Å². The maximum Gasteiger partial charge on any atom is 0.320 e. The van der Waals surface area contributed by atoms with Crippen LogP contribution in [0.5, 0.6) is 0 Å². The zero-order valence-corrected chi connectivity index (χ0v) is 7.92. The first-order chi connectivity index (χ1) is 5.68. The first-order valence-corrected chi connectivity index (χ1v) is 4.37. The fourth-order valence-corrected chi connectivity index (χ4v) is 0.632. The van der Waals surface area contributed by atoms with Gasteiger partial charge in [0.05, 0.1) is 0 Å².